The molecule has 0 amide bonds. The van der Waals surface area contributed by atoms with Crippen LogP contribution in [0.2, 0.25) is 0 Å². The van der Waals surface area contributed by atoms with E-state index in [2.05, 4.69) is 18.8 Å². The van der Waals surface area contributed by atoms with Gasteiger partial charge in [-0.2, -0.15) is 0 Å². The summed E-state index contributed by atoms with van der Waals surface area (Å²) in [5.41, 5.74) is 0. The monoisotopic (exact) mass is 185 g/mol. The van der Waals surface area contributed by atoms with Crippen LogP contribution in [0, 0.1) is 0 Å². The largest absolute Gasteiger partial charge is 0.462 e. The second kappa shape index (κ2) is 7.80. The minimum Gasteiger partial charge on any atom is -0.462 e. The molecule has 0 radical (unpaired) electrons. The smallest absolute Gasteiger partial charge is 0.320 e. The molecule has 0 heterocycles. The molecule has 0 aromatic rings. The third-order valence-electron chi connectivity index (χ3n) is 1.59. The van der Waals surface area contributed by atoms with Crippen LogP contribution < -0.4 is 5.32 Å². The maximum atomic E-state index is 11.1. The van der Waals surface area contributed by atoms with Crippen molar-refractivity contribution in [1.82, 2.24) is 5.32 Å². The van der Waals surface area contributed by atoms with Crippen LogP contribution in [-0.4, -0.2) is 25.2 Å². The lowest BCUT2D eigenvalue weighted by Gasteiger charge is -2.11. The Labute approximate surface area is 80.2 Å². The van der Waals surface area contributed by atoms with Gasteiger partial charge in [0.1, 0.15) is 0 Å². The zero-order chi connectivity index (χ0) is 10.1. The Morgan fingerprint density at radius 1 is 1.69 bits per heavy atom. The average Bonchev–Trinajstić information content (AvgIpc) is 2.05. The molecule has 0 aliphatic carbocycles. The number of esters is 1. The van der Waals surface area contributed by atoms with Crippen molar-refractivity contribution >= 4 is 5.97 Å². The van der Waals surface area contributed by atoms with E-state index in [9.17, 15) is 4.79 Å². The normalized spacial score (nSPS) is 12.2. The van der Waals surface area contributed by atoms with Crippen LogP contribution >= 0.6 is 0 Å². The molecule has 0 aliphatic heterocycles. The molecule has 76 valence electrons. The molecule has 3 heteroatoms. The Balaban J connectivity index is 3.43. The van der Waals surface area contributed by atoms with Crippen molar-refractivity contribution in [3.8, 4) is 0 Å². The highest BCUT2D eigenvalue weighted by molar-refractivity contribution is 5.71. The lowest BCUT2D eigenvalue weighted by molar-refractivity contribution is -0.147. The summed E-state index contributed by atoms with van der Waals surface area (Å²) in [5, 5.41) is 2.89. The number of ether oxygens (including phenoxy) is 1. The highest BCUT2D eigenvalue weighted by Gasteiger charge is 2.06. The van der Waals surface area contributed by atoms with Gasteiger partial charge in [-0.25, -0.2) is 0 Å². The van der Waals surface area contributed by atoms with Crippen molar-refractivity contribution in [3.05, 3.63) is 12.7 Å². The van der Waals surface area contributed by atoms with Gasteiger partial charge in [-0.3, -0.25) is 4.79 Å². The molecule has 0 aromatic heterocycles. The van der Waals surface area contributed by atoms with Crippen molar-refractivity contribution in [1.29, 1.82) is 0 Å². The van der Waals surface area contributed by atoms with Crippen LogP contribution in [0.15, 0.2) is 12.7 Å². The van der Waals surface area contributed by atoms with Gasteiger partial charge in [0, 0.05) is 6.54 Å². The molecule has 1 unspecified atom stereocenters. The maximum absolute atomic E-state index is 11.1. The van der Waals surface area contributed by atoms with Gasteiger partial charge in [0.15, 0.2) is 0 Å². The van der Waals surface area contributed by atoms with Crippen LogP contribution in [0.25, 0.3) is 0 Å². The van der Waals surface area contributed by atoms with E-state index in [1.165, 1.54) is 0 Å². The number of carbonyl (C=O) groups excluding carboxylic acids is 1. The highest BCUT2D eigenvalue weighted by Crippen LogP contribution is 2.00. The van der Waals surface area contributed by atoms with Crippen molar-refractivity contribution in [2.45, 2.75) is 32.8 Å². The zero-order valence-electron chi connectivity index (χ0n) is 8.51. The van der Waals surface area contributed by atoms with Crippen molar-refractivity contribution in [2.75, 3.05) is 13.1 Å². The summed E-state index contributed by atoms with van der Waals surface area (Å²) >= 11 is 0. The molecule has 0 bridgehead atoms. The predicted octanol–water partition coefficient (Wildman–Crippen LogP) is 1.49. The standard InChI is InChI=1S/C10H19NO2/c1-4-6-9(3)13-10(12)8-11-7-5-2/h5,9,11H,2,4,6-8H2,1,3H3. The fourth-order valence-electron chi connectivity index (χ4n) is 1.01. The maximum Gasteiger partial charge on any atom is 0.320 e. The number of hydrogen-bond donors (Lipinski definition) is 1. The molecule has 0 saturated carbocycles. The Kier molecular flexibility index (Phi) is 7.30. The first kappa shape index (κ1) is 12.2. The summed E-state index contributed by atoms with van der Waals surface area (Å²) in [5.74, 6) is -0.192. The zero-order valence-corrected chi connectivity index (χ0v) is 8.51. The first-order valence-corrected chi connectivity index (χ1v) is 4.71. The van der Waals surface area contributed by atoms with E-state index in [-0.39, 0.29) is 18.6 Å². The topological polar surface area (TPSA) is 38.3 Å². The Bertz CT molecular complexity index is 157. The summed E-state index contributed by atoms with van der Waals surface area (Å²) in [6.07, 6.45) is 3.70. The lowest BCUT2D eigenvalue weighted by atomic mass is 10.2. The summed E-state index contributed by atoms with van der Waals surface area (Å²) in [4.78, 5) is 11.1. The van der Waals surface area contributed by atoms with Crippen LogP contribution in [0.1, 0.15) is 26.7 Å². The SMILES string of the molecule is C=CCNCC(=O)OC(C)CCC. The van der Waals surface area contributed by atoms with Crippen molar-refractivity contribution in [2.24, 2.45) is 0 Å². The van der Waals surface area contributed by atoms with Gasteiger partial charge in [0.2, 0.25) is 0 Å². The Morgan fingerprint density at radius 2 is 2.38 bits per heavy atom. The predicted molar refractivity (Wildman–Crippen MR) is 53.5 cm³/mol. The van der Waals surface area contributed by atoms with Crippen molar-refractivity contribution < 1.29 is 9.53 Å². The van der Waals surface area contributed by atoms with Crippen LogP contribution in [0.3, 0.4) is 0 Å². The second-order valence-corrected chi connectivity index (χ2v) is 3.01. The lowest BCUT2D eigenvalue weighted by Crippen LogP contribution is -2.27. The fourth-order valence-corrected chi connectivity index (χ4v) is 1.01. The van der Waals surface area contributed by atoms with Gasteiger partial charge < -0.3 is 10.1 Å². The fraction of sp³-hybridized carbons (Fsp3) is 0.700. The first-order valence-electron chi connectivity index (χ1n) is 4.71. The van der Waals surface area contributed by atoms with E-state index in [1.807, 2.05) is 6.92 Å². The summed E-state index contributed by atoms with van der Waals surface area (Å²) in [6, 6.07) is 0. The minimum atomic E-state index is -0.192. The van der Waals surface area contributed by atoms with E-state index < -0.39 is 0 Å². The second-order valence-electron chi connectivity index (χ2n) is 3.01. The molecule has 0 saturated heterocycles. The molecule has 1 N–H and O–H groups in total. The number of nitrogens with one attached hydrogen (secondary N) is 1. The summed E-state index contributed by atoms with van der Waals surface area (Å²) < 4.78 is 5.10. The van der Waals surface area contributed by atoms with Gasteiger partial charge in [0.25, 0.3) is 0 Å². The Morgan fingerprint density at radius 3 is 2.92 bits per heavy atom. The summed E-state index contributed by atoms with van der Waals surface area (Å²) in [7, 11) is 0. The van der Waals surface area contributed by atoms with Gasteiger partial charge in [-0.15, -0.1) is 6.58 Å². The number of hydrogen-bond acceptors (Lipinski definition) is 3. The van der Waals surface area contributed by atoms with Gasteiger partial charge in [-0.05, 0) is 13.3 Å². The van der Waals surface area contributed by atoms with Crippen LogP contribution in [-0.2, 0) is 9.53 Å². The molecule has 0 spiro atoms. The van der Waals surface area contributed by atoms with Gasteiger partial charge in [0.05, 0.1) is 12.6 Å². The van der Waals surface area contributed by atoms with Gasteiger partial charge >= 0.3 is 5.97 Å². The average molecular weight is 185 g/mol. The number of rotatable bonds is 7. The quantitative estimate of drug-likeness (QED) is 0.371. The van der Waals surface area contributed by atoms with E-state index in [1.54, 1.807) is 6.08 Å². The van der Waals surface area contributed by atoms with Crippen LogP contribution in [0.4, 0.5) is 0 Å². The number of carbonyl (C=O) groups is 1. The molecule has 1 atom stereocenters. The molecule has 0 aliphatic rings. The van der Waals surface area contributed by atoms with E-state index >= 15 is 0 Å². The molecule has 0 rings (SSSR count). The van der Waals surface area contributed by atoms with Crippen molar-refractivity contribution in [3.63, 3.8) is 0 Å². The molecular formula is C10H19NO2. The summed E-state index contributed by atoms with van der Waals surface area (Å²) in [6.45, 7) is 8.41. The highest BCUT2D eigenvalue weighted by atomic mass is 16.5. The molecule has 0 aromatic carbocycles. The van der Waals surface area contributed by atoms with Crippen LogP contribution in [0.5, 0.6) is 0 Å². The molecule has 13 heavy (non-hydrogen) atoms. The van der Waals surface area contributed by atoms with E-state index in [0.29, 0.717) is 6.54 Å². The van der Waals surface area contributed by atoms with Gasteiger partial charge in [-0.1, -0.05) is 19.4 Å². The molecule has 0 fully saturated rings. The van der Waals surface area contributed by atoms with E-state index in [4.69, 9.17) is 4.74 Å². The first-order chi connectivity index (χ1) is 6.20. The molecular weight excluding hydrogens is 166 g/mol. The molecule has 3 nitrogen and oxygen atoms in total. The van der Waals surface area contributed by atoms with E-state index in [0.717, 1.165) is 12.8 Å². The third-order valence-corrected chi connectivity index (χ3v) is 1.59. The Hall–Kier alpha value is -0.830. The third kappa shape index (κ3) is 7.53. The minimum absolute atomic E-state index is 0.0306.